The molecular weight excluding hydrogens is 399 g/mol. The predicted molar refractivity (Wildman–Crippen MR) is 113 cm³/mol. The molecule has 0 aliphatic carbocycles. The van der Waals surface area contributed by atoms with Crippen LogP contribution in [0.5, 0.6) is 5.75 Å². The van der Waals surface area contributed by atoms with Crippen molar-refractivity contribution in [2.24, 2.45) is 0 Å². The summed E-state index contributed by atoms with van der Waals surface area (Å²) in [7, 11) is 3.78. The molecule has 2 atom stereocenters. The van der Waals surface area contributed by atoms with Crippen LogP contribution in [0.25, 0.3) is 10.9 Å². The number of imide groups is 1. The number of amides is 3. The molecule has 0 saturated carbocycles. The highest BCUT2D eigenvalue weighted by Crippen LogP contribution is 2.44. The summed E-state index contributed by atoms with van der Waals surface area (Å²) in [5.74, 6) is -0.522. The molecule has 2 N–H and O–H groups in total. The Balaban J connectivity index is 1.67. The topological polar surface area (TPSA) is 79.9 Å². The van der Waals surface area contributed by atoms with Crippen molar-refractivity contribution in [1.82, 2.24) is 19.7 Å². The van der Waals surface area contributed by atoms with Crippen LogP contribution < -0.4 is 0 Å². The van der Waals surface area contributed by atoms with Crippen LogP contribution in [0.4, 0.5) is 9.18 Å². The lowest BCUT2D eigenvalue weighted by Gasteiger charge is -2.36. The first-order chi connectivity index (χ1) is 14.8. The summed E-state index contributed by atoms with van der Waals surface area (Å²) in [5.41, 5.74) is 3.02. The van der Waals surface area contributed by atoms with Gasteiger partial charge in [0.1, 0.15) is 23.7 Å². The average Bonchev–Trinajstić information content (AvgIpc) is 3.20. The van der Waals surface area contributed by atoms with E-state index in [0.717, 1.165) is 16.8 Å². The second kappa shape index (κ2) is 7.09. The molecule has 2 aliphatic rings. The lowest BCUT2D eigenvalue weighted by molar-refractivity contribution is -0.128. The monoisotopic (exact) mass is 422 g/mol. The zero-order valence-electron chi connectivity index (χ0n) is 17.3. The molecule has 3 amide bonds. The van der Waals surface area contributed by atoms with Crippen LogP contribution in [-0.4, -0.2) is 70.0 Å². The molecule has 0 bridgehead atoms. The van der Waals surface area contributed by atoms with E-state index in [9.17, 15) is 19.1 Å². The number of phenols is 1. The number of halogens is 1. The molecular formula is C23H23FN4O3. The van der Waals surface area contributed by atoms with Crippen LogP contribution in [0.3, 0.4) is 0 Å². The summed E-state index contributed by atoms with van der Waals surface area (Å²) < 4.78 is 14.0. The molecule has 2 aromatic carbocycles. The van der Waals surface area contributed by atoms with E-state index in [-0.39, 0.29) is 23.5 Å². The lowest BCUT2D eigenvalue weighted by Crippen LogP contribution is -2.44. The molecule has 160 valence electrons. The fraction of sp³-hybridized carbons (Fsp3) is 0.304. The van der Waals surface area contributed by atoms with E-state index >= 15 is 0 Å². The Bertz CT molecular complexity index is 1200. The second-order valence-electron chi connectivity index (χ2n) is 8.41. The maximum Gasteiger partial charge on any atom is 0.328 e. The van der Waals surface area contributed by atoms with Crippen LogP contribution in [0, 0.1) is 5.82 Å². The number of hydrogen-bond donors (Lipinski definition) is 2. The maximum atomic E-state index is 14.0. The number of benzene rings is 2. The maximum absolute atomic E-state index is 14.0. The molecule has 3 aromatic rings. The van der Waals surface area contributed by atoms with Gasteiger partial charge in [-0.15, -0.1) is 0 Å². The van der Waals surface area contributed by atoms with Crippen molar-refractivity contribution in [3.8, 4) is 5.75 Å². The third-order valence-electron chi connectivity index (χ3n) is 6.15. The SMILES string of the molecule is CN(C)CCN1C(=O)C2Cc3c([nH]c4ccc(F)cc34)C(c3cccc(O)c3)N2C1=O. The van der Waals surface area contributed by atoms with Gasteiger partial charge in [-0.3, -0.25) is 14.6 Å². The Morgan fingerprint density at radius 3 is 2.74 bits per heavy atom. The molecule has 8 heteroatoms. The van der Waals surface area contributed by atoms with Gasteiger partial charge < -0.3 is 15.0 Å². The van der Waals surface area contributed by atoms with E-state index < -0.39 is 12.1 Å². The number of rotatable bonds is 4. The first-order valence-corrected chi connectivity index (χ1v) is 10.2. The molecule has 0 radical (unpaired) electrons. The van der Waals surface area contributed by atoms with Gasteiger partial charge in [-0.25, -0.2) is 9.18 Å². The molecule has 2 unspecified atom stereocenters. The van der Waals surface area contributed by atoms with Crippen molar-refractivity contribution in [2.45, 2.75) is 18.5 Å². The van der Waals surface area contributed by atoms with Crippen LogP contribution in [0.1, 0.15) is 22.9 Å². The summed E-state index contributed by atoms with van der Waals surface area (Å²) in [4.78, 5) is 34.8. The minimum atomic E-state index is -0.670. The number of nitrogens with one attached hydrogen (secondary N) is 1. The Morgan fingerprint density at radius 2 is 2.00 bits per heavy atom. The van der Waals surface area contributed by atoms with Crippen molar-refractivity contribution < 1.29 is 19.1 Å². The van der Waals surface area contributed by atoms with Gasteiger partial charge in [0, 0.05) is 36.1 Å². The first-order valence-electron chi connectivity index (χ1n) is 10.2. The fourth-order valence-electron chi connectivity index (χ4n) is 4.70. The van der Waals surface area contributed by atoms with Gasteiger partial charge in [-0.2, -0.15) is 0 Å². The molecule has 7 nitrogen and oxygen atoms in total. The summed E-state index contributed by atoms with van der Waals surface area (Å²) in [6.45, 7) is 0.863. The van der Waals surface area contributed by atoms with E-state index in [1.807, 2.05) is 25.1 Å². The van der Waals surface area contributed by atoms with Gasteiger partial charge in [0.25, 0.3) is 5.91 Å². The Kier molecular flexibility index (Phi) is 4.48. The van der Waals surface area contributed by atoms with Crippen molar-refractivity contribution in [3.63, 3.8) is 0 Å². The molecule has 1 fully saturated rings. The number of carbonyl (C=O) groups excluding carboxylic acids is 2. The summed E-state index contributed by atoms with van der Waals surface area (Å²) in [6, 6.07) is 9.61. The molecule has 1 saturated heterocycles. The van der Waals surface area contributed by atoms with Crippen LogP contribution in [-0.2, 0) is 11.2 Å². The Hall–Kier alpha value is -3.39. The number of fused-ring (bicyclic) bond motifs is 4. The zero-order chi connectivity index (χ0) is 21.9. The first kappa shape index (κ1) is 19.6. The number of aromatic nitrogens is 1. The number of nitrogens with zero attached hydrogens (tertiary/aromatic N) is 3. The third-order valence-corrected chi connectivity index (χ3v) is 6.15. The van der Waals surface area contributed by atoms with E-state index in [1.54, 1.807) is 29.2 Å². The number of carbonyl (C=O) groups is 2. The lowest BCUT2D eigenvalue weighted by atomic mass is 9.89. The van der Waals surface area contributed by atoms with Gasteiger partial charge >= 0.3 is 6.03 Å². The molecule has 0 spiro atoms. The Labute approximate surface area is 178 Å². The standard InChI is InChI=1S/C23H23FN4O3/c1-26(2)8-9-27-22(30)19-12-17-16-11-14(24)6-7-18(16)25-20(17)21(28(19)23(27)31)13-4-3-5-15(29)10-13/h3-7,10-11,19,21,25,29H,8-9,12H2,1-2H3. The van der Waals surface area contributed by atoms with E-state index in [1.165, 1.54) is 17.0 Å². The minimum Gasteiger partial charge on any atom is -0.508 e. The van der Waals surface area contributed by atoms with Gasteiger partial charge in [0.05, 0.1) is 0 Å². The van der Waals surface area contributed by atoms with Crippen LogP contribution in [0.15, 0.2) is 42.5 Å². The number of urea groups is 1. The summed E-state index contributed by atoms with van der Waals surface area (Å²) in [6.07, 6.45) is 0.317. The van der Waals surface area contributed by atoms with E-state index in [2.05, 4.69) is 4.98 Å². The molecule has 1 aromatic heterocycles. The van der Waals surface area contributed by atoms with Gasteiger partial charge in [-0.05, 0) is 55.6 Å². The predicted octanol–water partition coefficient (Wildman–Crippen LogP) is 2.85. The second-order valence-corrected chi connectivity index (χ2v) is 8.41. The number of aromatic amines is 1. The zero-order valence-corrected chi connectivity index (χ0v) is 17.3. The van der Waals surface area contributed by atoms with Crippen molar-refractivity contribution in [2.75, 3.05) is 27.2 Å². The largest absolute Gasteiger partial charge is 0.508 e. The fourth-order valence-corrected chi connectivity index (χ4v) is 4.70. The normalized spacial score (nSPS) is 20.6. The molecule has 3 heterocycles. The van der Waals surface area contributed by atoms with Gasteiger partial charge in [-0.1, -0.05) is 12.1 Å². The number of aromatic hydroxyl groups is 1. The summed E-state index contributed by atoms with van der Waals surface area (Å²) in [5, 5.41) is 10.8. The molecule has 5 rings (SSSR count). The highest BCUT2D eigenvalue weighted by Gasteiger charge is 2.52. The average molecular weight is 422 g/mol. The number of likely N-dealkylation sites (N-methyl/N-ethyl adjacent to an activating group) is 1. The smallest absolute Gasteiger partial charge is 0.328 e. The van der Waals surface area contributed by atoms with Crippen LogP contribution in [0.2, 0.25) is 0 Å². The highest BCUT2D eigenvalue weighted by atomic mass is 19.1. The number of phenolic OH excluding ortho intramolecular Hbond substituents is 1. The quantitative estimate of drug-likeness (QED) is 0.634. The van der Waals surface area contributed by atoms with Gasteiger partial charge in [0.2, 0.25) is 0 Å². The third kappa shape index (κ3) is 3.06. The summed E-state index contributed by atoms with van der Waals surface area (Å²) >= 11 is 0. The van der Waals surface area contributed by atoms with Crippen molar-refractivity contribution in [3.05, 3.63) is 65.1 Å². The highest BCUT2D eigenvalue weighted by molar-refractivity contribution is 6.05. The Morgan fingerprint density at radius 1 is 1.19 bits per heavy atom. The number of hydrogen-bond acceptors (Lipinski definition) is 4. The molecule has 2 aliphatic heterocycles. The van der Waals surface area contributed by atoms with Gasteiger partial charge in [0.15, 0.2) is 0 Å². The van der Waals surface area contributed by atoms with Crippen molar-refractivity contribution in [1.29, 1.82) is 0 Å². The van der Waals surface area contributed by atoms with E-state index in [4.69, 9.17) is 0 Å². The minimum absolute atomic E-state index is 0.0748. The van der Waals surface area contributed by atoms with E-state index in [0.29, 0.717) is 30.5 Å². The number of H-pyrrole nitrogens is 1. The molecule has 31 heavy (non-hydrogen) atoms. The van der Waals surface area contributed by atoms with Crippen LogP contribution >= 0.6 is 0 Å². The van der Waals surface area contributed by atoms with Crippen molar-refractivity contribution >= 4 is 22.8 Å².